The maximum Gasteiger partial charge on any atom is 0.244 e. The van der Waals surface area contributed by atoms with Crippen molar-refractivity contribution >= 4 is 27.5 Å². The zero-order valence-electron chi connectivity index (χ0n) is 21.5. The predicted octanol–water partition coefficient (Wildman–Crippen LogP) is 3.71. The molecule has 2 amide bonds. The van der Waals surface area contributed by atoms with Gasteiger partial charge in [-0.3, -0.25) is 13.9 Å². The van der Waals surface area contributed by atoms with Crippen molar-refractivity contribution in [3.63, 3.8) is 0 Å². The van der Waals surface area contributed by atoms with Crippen LogP contribution in [-0.2, 0) is 26.2 Å². The summed E-state index contributed by atoms with van der Waals surface area (Å²) in [7, 11) is -3.83. The van der Waals surface area contributed by atoms with E-state index >= 15 is 0 Å². The molecule has 10 heteroatoms. The standard InChI is InChI=1S/C26H36FN3O5S/c1-6-19(4)28-26(32)24(7-2)29(17-20-9-11-21(27)12-10-20)25(31)18-30(36(5,33)34)22-13-15-23(16-14-22)35-8-3/h9-16,19,24H,6-8,17-18H2,1-5H3,(H,28,32)/t19-,24+/m1/s1. The van der Waals surface area contributed by atoms with Gasteiger partial charge in [-0.2, -0.15) is 0 Å². The molecule has 0 aliphatic carbocycles. The van der Waals surface area contributed by atoms with E-state index in [0.717, 1.165) is 10.6 Å². The number of ether oxygens (including phenoxy) is 1. The molecular formula is C26H36FN3O5S. The summed E-state index contributed by atoms with van der Waals surface area (Å²) in [6, 6.07) is 11.1. The van der Waals surface area contributed by atoms with Crippen molar-refractivity contribution < 1.29 is 27.1 Å². The summed E-state index contributed by atoms with van der Waals surface area (Å²) in [4.78, 5) is 28.0. The number of carbonyl (C=O) groups excluding carboxylic acids is 2. The topological polar surface area (TPSA) is 96.0 Å². The minimum atomic E-state index is -3.83. The SMILES string of the molecule is CCOc1ccc(N(CC(=O)N(Cc2ccc(F)cc2)[C@@H](CC)C(=O)N[C@H](C)CC)S(C)(=O)=O)cc1. The van der Waals surface area contributed by atoms with Crippen LogP contribution in [0.4, 0.5) is 10.1 Å². The third-order valence-electron chi connectivity index (χ3n) is 5.77. The Bertz CT molecular complexity index is 1110. The third kappa shape index (κ3) is 8.22. The Balaban J connectivity index is 2.41. The summed E-state index contributed by atoms with van der Waals surface area (Å²) in [5.41, 5.74) is 0.916. The van der Waals surface area contributed by atoms with Crippen LogP contribution in [0.15, 0.2) is 48.5 Å². The minimum absolute atomic E-state index is 0.0203. The Morgan fingerprint density at radius 1 is 1.00 bits per heavy atom. The molecule has 0 bridgehead atoms. The number of anilines is 1. The molecule has 0 aliphatic heterocycles. The Labute approximate surface area is 213 Å². The molecule has 198 valence electrons. The first-order valence-corrected chi connectivity index (χ1v) is 13.9. The van der Waals surface area contributed by atoms with Crippen molar-refractivity contribution in [3.8, 4) is 5.75 Å². The smallest absolute Gasteiger partial charge is 0.244 e. The predicted molar refractivity (Wildman–Crippen MR) is 139 cm³/mol. The highest BCUT2D eigenvalue weighted by Crippen LogP contribution is 2.23. The van der Waals surface area contributed by atoms with Crippen LogP contribution in [0.25, 0.3) is 0 Å². The summed E-state index contributed by atoms with van der Waals surface area (Å²) in [6.07, 6.45) is 2.05. The van der Waals surface area contributed by atoms with Gasteiger partial charge in [0.1, 0.15) is 24.2 Å². The molecule has 2 atom stereocenters. The van der Waals surface area contributed by atoms with Gasteiger partial charge in [-0.1, -0.05) is 26.0 Å². The Hall–Kier alpha value is -3.14. The third-order valence-corrected chi connectivity index (χ3v) is 6.91. The van der Waals surface area contributed by atoms with Gasteiger partial charge in [0, 0.05) is 12.6 Å². The van der Waals surface area contributed by atoms with Crippen LogP contribution in [0.2, 0.25) is 0 Å². The molecule has 2 aromatic rings. The Kier molecular flexibility index (Phi) is 10.7. The lowest BCUT2D eigenvalue weighted by Crippen LogP contribution is -2.53. The zero-order valence-corrected chi connectivity index (χ0v) is 22.3. The van der Waals surface area contributed by atoms with E-state index in [9.17, 15) is 22.4 Å². The van der Waals surface area contributed by atoms with E-state index in [-0.39, 0.29) is 18.5 Å². The number of carbonyl (C=O) groups is 2. The summed E-state index contributed by atoms with van der Waals surface area (Å²) in [6.45, 7) is 7.41. The first-order chi connectivity index (χ1) is 17.0. The average Bonchev–Trinajstić information content (AvgIpc) is 2.83. The number of sulfonamides is 1. The Morgan fingerprint density at radius 3 is 2.11 bits per heavy atom. The molecule has 0 saturated heterocycles. The molecular weight excluding hydrogens is 485 g/mol. The number of hydrogen-bond acceptors (Lipinski definition) is 5. The molecule has 36 heavy (non-hydrogen) atoms. The summed E-state index contributed by atoms with van der Waals surface area (Å²) in [5, 5.41) is 2.91. The van der Waals surface area contributed by atoms with Gasteiger partial charge in [-0.15, -0.1) is 0 Å². The normalized spacial score (nSPS) is 12.9. The van der Waals surface area contributed by atoms with Gasteiger partial charge >= 0.3 is 0 Å². The number of amides is 2. The molecule has 0 spiro atoms. The lowest BCUT2D eigenvalue weighted by atomic mass is 10.1. The van der Waals surface area contributed by atoms with Crippen LogP contribution in [0.5, 0.6) is 5.75 Å². The van der Waals surface area contributed by atoms with Gasteiger partial charge in [-0.05, 0) is 68.7 Å². The molecule has 8 nitrogen and oxygen atoms in total. The first-order valence-electron chi connectivity index (χ1n) is 12.0. The van der Waals surface area contributed by atoms with E-state index in [4.69, 9.17) is 4.74 Å². The van der Waals surface area contributed by atoms with Gasteiger partial charge in [0.15, 0.2) is 0 Å². The van der Waals surface area contributed by atoms with Crippen molar-refractivity contribution in [2.75, 3.05) is 23.7 Å². The van der Waals surface area contributed by atoms with Crippen LogP contribution in [0, 0.1) is 5.82 Å². The number of halogens is 1. The Morgan fingerprint density at radius 2 is 1.61 bits per heavy atom. The van der Waals surface area contributed by atoms with E-state index in [1.165, 1.54) is 29.2 Å². The van der Waals surface area contributed by atoms with Gasteiger partial charge in [-0.25, -0.2) is 12.8 Å². The first kappa shape index (κ1) is 29.1. The molecule has 0 fully saturated rings. The number of hydrogen-bond donors (Lipinski definition) is 1. The van der Waals surface area contributed by atoms with Crippen LogP contribution in [-0.4, -0.2) is 56.6 Å². The number of benzene rings is 2. The summed E-state index contributed by atoms with van der Waals surface area (Å²) < 4.78 is 45.2. The molecule has 1 N–H and O–H groups in total. The summed E-state index contributed by atoms with van der Waals surface area (Å²) in [5.74, 6) is -0.720. The number of rotatable bonds is 13. The molecule has 0 aromatic heterocycles. The second kappa shape index (κ2) is 13.2. The molecule has 0 heterocycles. The molecule has 0 radical (unpaired) electrons. The zero-order chi connectivity index (χ0) is 26.9. The van der Waals surface area contributed by atoms with E-state index in [1.807, 2.05) is 20.8 Å². The van der Waals surface area contributed by atoms with Crippen molar-refractivity contribution in [2.24, 2.45) is 0 Å². The maximum absolute atomic E-state index is 13.6. The lowest BCUT2D eigenvalue weighted by molar-refractivity contribution is -0.140. The average molecular weight is 522 g/mol. The number of nitrogens with one attached hydrogen (secondary N) is 1. The fourth-order valence-electron chi connectivity index (χ4n) is 3.64. The minimum Gasteiger partial charge on any atom is -0.494 e. The second-order valence-corrected chi connectivity index (χ2v) is 10.5. The monoisotopic (exact) mass is 521 g/mol. The largest absolute Gasteiger partial charge is 0.494 e. The van der Waals surface area contributed by atoms with Gasteiger partial charge in [0.05, 0.1) is 18.6 Å². The molecule has 2 rings (SSSR count). The van der Waals surface area contributed by atoms with Crippen LogP contribution < -0.4 is 14.4 Å². The van der Waals surface area contributed by atoms with E-state index < -0.39 is 34.3 Å². The van der Waals surface area contributed by atoms with Gasteiger partial charge < -0.3 is 15.0 Å². The van der Waals surface area contributed by atoms with E-state index in [2.05, 4.69) is 5.32 Å². The fraction of sp³-hybridized carbons (Fsp3) is 0.462. The van der Waals surface area contributed by atoms with E-state index in [1.54, 1.807) is 31.2 Å². The molecule has 2 aromatic carbocycles. The van der Waals surface area contributed by atoms with Gasteiger partial charge in [0.2, 0.25) is 21.8 Å². The van der Waals surface area contributed by atoms with Crippen molar-refractivity contribution in [3.05, 3.63) is 59.9 Å². The van der Waals surface area contributed by atoms with Crippen molar-refractivity contribution in [2.45, 2.75) is 59.2 Å². The fourth-order valence-corrected chi connectivity index (χ4v) is 4.49. The molecule has 0 saturated carbocycles. The van der Waals surface area contributed by atoms with Crippen molar-refractivity contribution in [1.29, 1.82) is 0 Å². The molecule has 0 aliphatic rings. The van der Waals surface area contributed by atoms with Gasteiger partial charge in [0.25, 0.3) is 0 Å². The quantitative estimate of drug-likeness (QED) is 0.434. The molecule has 0 unspecified atom stereocenters. The van der Waals surface area contributed by atoms with Crippen LogP contribution in [0.3, 0.4) is 0 Å². The lowest BCUT2D eigenvalue weighted by Gasteiger charge is -2.33. The number of nitrogens with zero attached hydrogens (tertiary/aromatic N) is 2. The van der Waals surface area contributed by atoms with E-state index in [0.29, 0.717) is 36.4 Å². The van der Waals surface area contributed by atoms with Crippen LogP contribution in [0.1, 0.15) is 46.1 Å². The second-order valence-electron chi connectivity index (χ2n) is 8.59. The van der Waals surface area contributed by atoms with Crippen molar-refractivity contribution in [1.82, 2.24) is 10.2 Å². The highest BCUT2D eigenvalue weighted by molar-refractivity contribution is 7.92. The van der Waals surface area contributed by atoms with Crippen LogP contribution >= 0.6 is 0 Å². The summed E-state index contributed by atoms with van der Waals surface area (Å²) >= 11 is 0. The highest BCUT2D eigenvalue weighted by Gasteiger charge is 2.32. The maximum atomic E-state index is 13.6. The highest BCUT2D eigenvalue weighted by atomic mass is 32.2.